The smallest absolute Gasteiger partial charge is 0.234 e. The molecule has 19 heavy (non-hydrogen) atoms. The van der Waals surface area contributed by atoms with Gasteiger partial charge in [-0.3, -0.25) is 4.79 Å². The SMILES string of the molecule is O=C(CSC1CCNCC1)Nc1ccc(F)c(Br)c1. The molecule has 2 N–H and O–H groups in total. The fourth-order valence-corrected chi connectivity index (χ4v) is 3.33. The lowest BCUT2D eigenvalue weighted by molar-refractivity contribution is -0.113. The molecule has 1 aromatic rings. The van der Waals surface area contributed by atoms with Crippen molar-refractivity contribution in [3.05, 3.63) is 28.5 Å². The molecular formula is C13H16BrFN2OS. The van der Waals surface area contributed by atoms with Gasteiger partial charge in [0.05, 0.1) is 10.2 Å². The summed E-state index contributed by atoms with van der Waals surface area (Å²) >= 11 is 4.79. The van der Waals surface area contributed by atoms with Crippen LogP contribution in [0.2, 0.25) is 0 Å². The van der Waals surface area contributed by atoms with E-state index in [1.807, 2.05) is 0 Å². The number of thioether (sulfide) groups is 1. The molecule has 1 aromatic carbocycles. The van der Waals surface area contributed by atoms with E-state index < -0.39 is 0 Å². The highest BCUT2D eigenvalue weighted by molar-refractivity contribution is 9.10. The Morgan fingerprint density at radius 1 is 1.47 bits per heavy atom. The topological polar surface area (TPSA) is 41.1 Å². The molecule has 0 spiro atoms. The molecule has 1 fully saturated rings. The van der Waals surface area contributed by atoms with Gasteiger partial charge in [0.1, 0.15) is 5.82 Å². The summed E-state index contributed by atoms with van der Waals surface area (Å²) in [6.07, 6.45) is 2.22. The highest BCUT2D eigenvalue weighted by Gasteiger charge is 2.15. The molecule has 104 valence electrons. The van der Waals surface area contributed by atoms with Gasteiger partial charge in [-0.1, -0.05) is 0 Å². The minimum absolute atomic E-state index is 0.0398. The average molecular weight is 347 g/mol. The van der Waals surface area contributed by atoms with Crippen LogP contribution in [0.4, 0.5) is 10.1 Å². The Labute approximate surface area is 124 Å². The second-order valence-corrected chi connectivity index (χ2v) is 6.58. The van der Waals surface area contributed by atoms with E-state index in [0.29, 0.717) is 21.2 Å². The number of carbonyl (C=O) groups is 1. The average Bonchev–Trinajstić information content (AvgIpc) is 2.42. The molecule has 1 aliphatic heterocycles. The highest BCUT2D eigenvalue weighted by Crippen LogP contribution is 2.22. The second kappa shape index (κ2) is 7.26. The molecule has 0 aliphatic carbocycles. The van der Waals surface area contributed by atoms with Crippen LogP contribution in [0, 0.1) is 5.82 Å². The van der Waals surface area contributed by atoms with E-state index in [1.54, 1.807) is 23.9 Å². The molecule has 0 saturated carbocycles. The number of hydrogen-bond donors (Lipinski definition) is 2. The summed E-state index contributed by atoms with van der Waals surface area (Å²) < 4.78 is 13.4. The minimum atomic E-state index is -0.331. The number of nitrogens with one attached hydrogen (secondary N) is 2. The van der Waals surface area contributed by atoms with Crippen LogP contribution in [-0.2, 0) is 4.79 Å². The van der Waals surface area contributed by atoms with E-state index in [0.717, 1.165) is 25.9 Å². The summed E-state index contributed by atoms with van der Waals surface area (Å²) in [6.45, 7) is 2.06. The molecule has 0 unspecified atom stereocenters. The van der Waals surface area contributed by atoms with Crippen molar-refractivity contribution in [2.24, 2.45) is 0 Å². The zero-order chi connectivity index (χ0) is 13.7. The maximum atomic E-state index is 13.1. The Balaban J connectivity index is 1.78. The summed E-state index contributed by atoms with van der Waals surface area (Å²) in [5.74, 6) is 0.0729. The predicted molar refractivity (Wildman–Crippen MR) is 81.1 cm³/mol. The number of benzene rings is 1. The molecule has 1 saturated heterocycles. The first-order chi connectivity index (χ1) is 9.15. The van der Waals surface area contributed by atoms with Crippen molar-refractivity contribution in [3.8, 4) is 0 Å². The fraction of sp³-hybridized carbons (Fsp3) is 0.462. The zero-order valence-electron chi connectivity index (χ0n) is 10.4. The number of amides is 1. The van der Waals surface area contributed by atoms with E-state index in [2.05, 4.69) is 26.6 Å². The van der Waals surface area contributed by atoms with E-state index >= 15 is 0 Å². The maximum Gasteiger partial charge on any atom is 0.234 e. The van der Waals surface area contributed by atoms with E-state index in [4.69, 9.17) is 0 Å². The van der Waals surface area contributed by atoms with Gasteiger partial charge in [-0.25, -0.2) is 4.39 Å². The van der Waals surface area contributed by atoms with Crippen LogP contribution >= 0.6 is 27.7 Å². The molecule has 0 bridgehead atoms. The number of halogens is 2. The Morgan fingerprint density at radius 2 is 2.21 bits per heavy atom. The van der Waals surface area contributed by atoms with Crippen LogP contribution < -0.4 is 10.6 Å². The van der Waals surface area contributed by atoms with Crippen molar-refractivity contribution >= 4 is 39.3 Å². The molecular weight excluding hydrogens is 331 g/mol. The Hall–Kier alpha value is -0.590. The van der Waals surface area contributed by atoms with Crippen molar-refractivity contribution in [1.29, 1.82) is 0 Å². The third-order valence-electron chi connectivity index (χ3n) is 2.94. The van der Waals surface area contributed by atoms with Crippen LogP contribution in [0.3, 0.4) is 0 Å². The van der Waals surface area contributed by atoms with Gasteiger partial charge >= 0.3 is 0 Å². The fourth-order valence-electron chi connectivity index (χ4n) is 1.93. The Bertz CT molecular complexity index is 452. The van der Waals surface area contributed by atoms with Crippen LogP contribution in [0.1, 0.15) is 12.8 Å². The summed E-state index contributed by atoms with van der Waals surface area (Å²) in [5, 5.41) is 6.64. The largest absolute Gasteiger partial charge is 0.325 e. The van der Waals surface area contributed by atoms with Crippen molar-refractivity contribution in [3.63, 3.8) is 0 Å². The predicted octanol–water partition coefficient (Wildman–Crippen LogP) is 3.01. The molecule has 0 aromatic heterocycles. The summed E-state index contributed by atoms with van der Waals surface area (Å²) in [6, 6.07) is 4.47. The maximum absolute atomic E-state index is 13.1. The van der Waals surface area contributed by atoms with Gasteiger partial charge in [-0.2, -0.15) is 0 Å². The van der Waals surface area contributed by atoms with Gasteiger partial charge < -0.3 is 10.6 Å². The zero-order valence-corrected chi connectivity index (χ0v) is 12.8. The molecule has 1 aliphatic rings. The van der Waals surface area contributed by atoms with Crippen molar-refractivity contribution < 1.29 is 9.18 Å². The third kappa shape index (κ3) is 4.78. The summed E-state index contributed by atoms with van der Waals surface area (Å²) in [5.41, 5.74) is 0.615. The van der Waals surface area contributed by atoms with Crippen LogP contribution in [0.5, 0.6) is 0 Å². The lowest BCUT2D eigenvalue weighted by Crippen LogP contribution is -2.30. The van der Waals surface area contributed by atoms with E-state index in [9.17, 15) is 9.18 Å². The molecule has 0 radical (unpaired) electrons. The molecule has 1 amide bonds. The Morgan fingerprint density at radius 3 is 2.89 bits per heavy atom. The van der Waals surface area contributed by atoms with E-state index in [-0.39, 0.29) is 11.7 Å². The lowest BCUT2D eigenvalue weighted by Gasteiger charge is -2.21. The van der Waals surface area contributed by atoms with Gasteiger partial charge in [-0.05, 0) is 60.1 Å². The molecule has 0 atom stereocenters. The van der Waals surface area contributed by atoms with Gasteiger partial charge in [0, 0.05) is 10.9 Å². The standard InChI is InChI=1S/C13H16BrFN2OS/c14-11-7-9(1-2-12(11)15)17-13(18)8-19-10-3-5-16-6-4-10/h1-2,7,10,16H,3-6,8H2,(H,17,18). The quantitative estimate of drug-likeness (QED) is 0.880. The van der Waals surface area contributed by atoms with Crippen LogP contribution in [0.25, 0.3) is 0 Å². The number of anilines is 1. The summed E-state index contributed by atoms with van der Waals surface area (Å²) in [7, 11) is 0. The van der Waals surface area contributed by atoms with Gasteiger partial charge in [-0.15, -0.1) is 11.8 Å². The van der Waals surface area contributed by atoms with Crippen molar-refractivity contribution in [2.45, 2.75) is 18.1 Å². The number of piperidine rings is 1. The van der Waals surface area contributed by atoms with Gasteiger partial charge in [0.15, 0.2) is 0 Å². The second-order valence-electron chi connectivity index (χ2n) is 4.44. The summed E-state index contributed by atoms with van der Waals surface area (Å²) in [4.78, 5) is 11.8. The first-order valence-electron chi connectivity index (χ1n) is 6.22. The monoisotopic (exact) mass is 346 g/mol. The number of hydrogen-bond acceptors (Lipinski definition) is 3. The van der Waals surface area contributed by atoms with Crippen LogP contribution in [0.15, 0.2) is 22.7 Å². The number of carbonyl (C=O) groups excluding carboxylic acids is 1. The Kier molecular flexibility index (Phi) is 5.66. The highest BCUT2D eigenvalue weighted by atomic mass is 79.9. The normalized spacial score (nSPS) is 16.3. The lowest BCUT2D eigenvalue weighted by atomic mass is 10.2. The van der Waals surface area contributed by atoms with Gasteiger partial charge in [0.25, 0.3) is 0 Å². The third-order valence-corrected chi connectivity index (χ3v) is 4.92. The van der Waals surface area contributed by atoms with Crippen molar-refractivity contribution in [2.75, 3.05) is 24.2 Å². The minimum Gasteiger partial charge on any atom is -0.325 e. The van der Waals surface area contributed by atoms with Gasteiger partial charge in [0.2, 0.25) is 5.91 Å². The number of rotatable bonds is 4. The van der Waals surface area contributed by atoms with E-state index in [1.165, 1.54) is 6.07 Å². The molecule has 2 rings (SSSR count). The molecule has 3 nitrogen and oxygen atoms in total. The first kappa shape index (κ1) is 14.8. The molecule has 6 heteroatoms. The van der Waals surface area contributed by atoms with Crippen molar-refractivity contribution in [1.82, 2.24) is 5.32 Å². The first-order valence-corrected chi connectivity index (χ1v) is 8.06. The molecule has 1 heterocycles. The van der Waals surface area contributed by atoms with Crippen LogP contribution in [-0.4, -0.2) is 30.0 Å².